The van der Waals surface area contributed by atoms with Crippen molar-refractivity contribution < 1.29 is 14.3 Å². The predicted octanol–water partition coefficient (Wildman–Crippen LogP) is 1.91. The quantitative estimate of drug-likeness (QED) is 0.740. The number of hydrogen-bond acceptors (Lipinski definition) is 4. The molecule has 1 unspecified atom stereocenters. The summed E-state index contributed by atoms with van der Waals surface area (Å²) in [6, 6.07) is 8.15. The standard InChI is InChI=1S/C21H30ClN5O3/c22-17-3-1-16(2-4-17)19(25-11-13-30-14-12-25)15-24-20(28)26-8-5-18(6-9-26)27-10-7-23-21(27)29/h1-4,18-19H,5-15H2,(H,23,29)(H,24,28). The van der Waals surface area contributed by atoms with E-state index in [9.17, 15) is 9.59 Å². The highest BCUT2D eigenvalue weighted by molar-refractivity contribution is 6.30. The van der Waals surface area contributed by atoms with Gasteiger partial charge in [-0.25, -0.2) is 9.59 Å². The molecule has 0 bridgehead atoms. The van der Waals surface area contributed by atoms with E-state index in [0.29, 0.717) is 44.4 Å². The van der Waals surface area contributed by atoms with Crippen LogP contribution in [0.15, 0.2) is 24.3 Å². The molecule has 3 aliphatic rings. The van der Waals surface area contributed by atoms with Crippen LogP contribution in [0.5, 0.6) is 0 Å². The van der Waals surface area contributed by atoms with E-state index in [1.54, 1.807) is 0 Å². The second-order valence-corrected chi connectivity index (χ2v) is 8.48. The number of carbonyl (C=O) groups excluding carboxylic acids is 2. The van der Waals surface area contributed by atoms with Crippen molar-refractivity contribution in [3.63, 3.8) is 0 Å². The van der Waals surface area contributed by atoms with Gasteiger partial charge >= 0.3 is 12.1 Å². The van der Waals surface area contributed by atoms with Gasteiger partial charge in [0, 0.05) is 56.9 Å². The normalized spacial score (nSPS) is 22.1. The van der Waals surface area contributed by atoms with Gasteiger partial charge in [0.15, 0.2) is 0 Å². The summed E-state index contributed by atoms with van der Waals surface area (Å²) < 4.78 is 5.49. The Morgan fingerprint density at radius 1 is 1.13 bits per heavy atom. The molecule has 0 saturated carbocycles. The van der Waals surface area contributed by atoms with E-state index >= 15 is 0 Å². The number of morpholine rings is 1. The lowest BCUT2D eigenvalue weighted by molar-refractivity contribution is 0.0164. The van der Waals surface area contributed by atoms with Crippen LogP contribution in [0.25, 0.3) is 0 Å². The highest BCUT2D eigenvalue weighted by Crippen LogP contribution is 2.24. The van der Waals surface area contributed by atoms with Crippen LogP contribution in [0.1, 0.15) is 24.4 Å². The highest BCUT2D eigenvalue weighted by atomic mass is 35.5. The Morgan fingerprint density at radius 2 is 1.83 bits per heavy atom. The van der Waals surface area contributed by atoms with Gasteiger partial charge < -0.3 is 25.2 Å². The predicted molar refractivity (Wildman–Crippen MR) is 115 cm³/mol. The number of carbonyl (C=O) groups is 2. The first-order chi connectivity index (χ1) is 14.6. The number of rotatable bonds is 5. The minimum absolute atomic E-state index is 0.0224. The molecule has 0 radical (unpaired) electrons. The van der Waals surface area contributed by atoms with E-state index < -0.39 is 0 Å². The summed E-state index contributed by atoms with van der Waals surface area (Å²) in [7, 11) is 0. The number of hydrogen-bond donors (Lipinski definition) is 2. The summed E-state index contributed by atoms with van der Waals surface area (Å²) in [5, 5.41) is 6.70. The molecule has 0 spiro atoms. The molecule has 8 nitrogen and oxygen atoms in total. The summed E-state index contributed by atoms with van der Waals surface area (Å²) in [5.41, 5.74) is 1.14. The molecule has 1 aromatic carbocycles. The molecule has 4 rings (SSSR count). The summed E-state index contributed by atoms with van der Waals surface area (Å²) in [6.45, 7) is 6.44. The van der Waals surface area contributed by atoms with Crippen LogP contribution in [0.4, 0.5) is 9.59 Å². The SMILES string of the molecule is O=C(NCC(c1ccc(Cl)cc1)N1CCOCC1)N1CCC(N2CCNC2=O)CC1. The van der Waals surface area contributed by atoms with Crippen LogP contribution in [-0.2, 0) is 4.74 Å². The molecule has 3 aliphatic heterocycles. The van der Waals surface area contributed by atoms with Crippen molar-refractivity contribution in [2.24, 2.45) is 0 Å². The first-order valence-corrected chi connectivity index (χ1v) is 11.1. The second-order valence-electron chi connectivity index (χ2n) is 8.05. The van der Waals surface area contributed by atoms with E-state index in [-0.39, 0.29) is 24.1 Å². The summed E-state index contributed by atoms with van der Waals surface area (Å²) in [6.07, 6.45) is 1.65. The summed E-state index contributed by atoms with van der Waals surface area (Å²) >= 11 is 6.06. The maximum absolute atomic E-state index is 12.8. The van der Waals surface area contributed by atoms with Crippen molar-refractivity contribution in [2.45, 2.75) is 24.9 Å². The topological polar surface area (TPSA) is 77.2 Å². The number of likely N-dealkylation sites (tertiary alicyclic amines) is 1. The molecule has 3 saturated heterocycles. The molecular formula is C21H30ClN5O3. The molecule has 4 amide bonds. The molecule has 9 heteroatoms. The van der Waals surface area contributed by atoms with Crippen LogP contribution < -0.4 is 10.6 Å². The highest BCUT2D eigenvalue weighted by Gasteiger charge is 2.32. The smallest absolute Gasteiger partial charge is 0.317 e. The van der Waals surface area contributed by atoms with Gasteiger partial charge in [-0.3, -0.25) is 4.90 Å². The van der Waals surface area contributed by atoms with E-state index in [0.717, 1.165) is 38.0 Å². The molecular weight excluding hydrogens is 406 g/mol. The lowest BCUT2D eigenvalue weighted by Crippen LogP contribution is -2.51. The Balaban J connectivity index is 1.32. The van der Waals surface area contributed by atoms with Crippen LogP contribution in [0.2, 0.25) is 5.02 Å². The third-order valence-electron chi connectivity index (χ3n) is 6.27. The number of urea groups is 2. The Labute approximate surface area is 182 Å². The van der Waals surface area contributed by atoms with Crippen molar-refractivity contribution >= 4 is 23.7 Å². The summed E-state index contributed by atoms with van der Waals surface area (Å²) in [5.74, 6) is 0. The molecule has 164 valence electrons. The second kappa shape index (κ2) is 9.85. The van der Waals surface area contributed by atoms with Crippen LogP contribution in [0.3, 0.4) is 0 Å². The lowest BCUT2D eigenvalue weighted by atomic mass is 10.0. The molecule has 3 fully saturated rings. The van der Waals surface area contributed by atoms with Gasteiger partial charge in [0.1, 0.15) is 0 Å². The lowest BCUT2D eigenvalue weighted by Gasteiger charge is -2.37. The minimum atomic E-state index is -0.0356. The average Bonchev–Trinajstić information content (AvgIpc) is 3.21. The van der Waals surface area contributed by atoms with Gasteiger partial charge in [0.05, 0.1) is 19.3 Å². The zero-order valence-corrected chi connectivity index (χ0v) is 17.9. The molecule has 30 heavy (non-hydrogen) atoms. The van der Waals surface area contributed by atoms with Crippen molar-refractivity contribution in [2.75, 3.05) is 59.0 Å². The average molecular weight is 436 g/mol. The first kappa shape index (κ1) is 21.2. The van der Waals surface area contributed by atoms with E-state index in [1.807, 2.05) is 34.1 Å². The van der Waals surface area contributed by atoms with Gasteiger partial charge in [-0.1, -0.05) is 23.7 Å². The Morgan fingerprint density at radius 3 is 2.47 bits per heavy atom. The maximum Gasteiger partial charge on any atom is 0.317 e. The molecule has 0 aromatic heterocycles. The van der Waals surface area contributed by atoms with Crippen molar-refractivity contribution in [3.05, 3.63) is 34.9 Å². The zero-order chi connectivity index (χ0) is 20.9. The van der Waals surface area contributed by atoms with Crippen molar-refractivity contribution in [1.82, 2.24) is 25.3 Å². The number of nitrogens with zero attached hydrogens (tertiary/aromatic N) is 3. The zero-order valence-electron chi connectivity index (χ0n) is 17.2. The van der Waals surface area contributed by atoms with Crippen LogP contribution in [-0.4, -0.2) is 91.8 Å². The van der Waals surface area contributed by atoms with Gasteiger partial charge in [0.25, 0.3) is 0 Å². The molecule has 2 N–H and O–H groups in total. The fourth-order valence-electron chi connectivity index (χ4n) is 4.54. The summed E-state index contributed by atoms with van der Waals surface area (Å²) in [4.78, 5) is 30.8. The Hall–Kier alpha value is -2.03. The molecule has 1 aromatic rings. The maximum atomic E-state index is 12.8. The van der Waals surface area contributed by atoms with Crippen molar-refractivity contribution in [1.29, 1.82) is 0 Å². The van der Waals surface area contributed by atoms with E-state index in [1.165, 1.54) is 0 Å². The fraction of sp³-hybridized carbons (Fsp3) is 0.619. The first-order valence-electron chi connectivity index (χ1n) is 10.8. The molecule has 0 aliphatic carbocycles. The van der Waals surface area contributed by atoms with Crippen LogP contribution >= 0.6 is 11.6 Å². The minimum Gasteiger partial charge on any atom is -0.379 e. The number of ether oxygens (including phenoxy) is 1. The van der Waals surface area contributed by atoms with Gasteiger partial charge in [-0.05, 0) is 30.5 Å². The van der Waals surface area contributed by atoms with E-state index in [4.69, 9.17) is 16.3 Å². The number of halogens is 1. The van der Waals surface area contributed by atoms with Gasteiger partial charge in [0.2, 0.25) is 0 Å². The van der Waals surface area contributed by atoms with Crippen LogP contribution in [0, 0.1) is 0 Å². The number of benzene rings is 1. The Kier molecular flexibility index (Phi) is 6.97. The van der Waals surface area contributed by atoms with Crippen molar-refractivity contribution in [3.8, 4) is 0 Å². The third-order valence-corrected chi connectivity index (χ3v) is 6.52. The number of piperidine rings is 1. The van der Waals surface area contributed by atoms with Gasteiger partial charge in [-0.2, -0.15) is 0 Å². The number of nitrogens with one attached hydrogen (secondary N) is 2. The van der Waals surface area contributed by atoms with E-state index in [2.05, 4.69) is 15.5 Å². The number of amides is 4. The fourth-order valence-corrected chi connectivity index (χ4v) is 4.67. The largest absolute Gasteiger partial charge is 0.379 e. The Bertz CT molecular complexity index is 733. The molecule has 3 heterocycles. The monoisotopic (exact) mass is 435 g/mol. The molecule has 1 atom stereocenters. The third kappa shape index (κ3) is 4.99. The van der Waals surface area contributed by atoms with Gasteiger partial charge in [-0.15, -0.1) is 0 Å².